The zero-order chi connectivity index (χ0) is 20.5. The van der Waals surface area contributed by atoms with Crippen LogP contribution in [0.15, 0.2) is 60.9 Å². The van der Waals surface area contributed by atoms with Gasteiger partial charge in [0.15, 0.2) is 11.5 Å². The van der Waals surface area contributed by atoms with Crippen molar-refractivity contribution in [1.29, 1.82) is 0 Å². The van der Waals surface area contributed by atoms with Crippen molar-refractivity contribution in [2.75, 3.05) is 30.4 Å². The predicted octanol–water partition coefficient (Wildman–Crippen LogP) is 3.75. The SMILES string of the molecule is COc1ccc(NC(=O)C2CCN(c3nc4ncccc4n4cccc34)CC2)cc1. The van der Waals surface area contributed by atoms with E-state index in [9.17, 15) is 4.79 Å². The lowest BCUT2D eigenvalue weighted by Crippen LogP contribution is -2.38. The number of ether oxygens (including phenoxy) is 1. The Bertz CT molecular complexity index is 1190. The molecule has 4 aromatic rings. The molecule has 152 valence electrons. The normalized spacial score (nSPS) is 14.9. The number of methoxy groups -OCH3 is 1. The van der Waals surface area contributed by atoms with E-state index in [1.165, 1.54) is 0 Å². The van der Waals surface area contributed by atoms with Crippen LogP contribution in [0.1, 0.15) is 12.8 Å². The van der Waals surface area contributed by atoms with Crippen LogP contribution in [0.25, 0.3) is 16.7 Å². The van der Waals surface area contributed by atoms with E-state index in [2.05, 4.69) is 25.7 Å². The molecule has 5 rings (SSSR count). The fraction of sp³-hybridized carbons (Fsp3) is 0.261. The number of rotatable bonds is 4. The van der Waals surface area contributed by atoms with E-state index in [1.54, 1.807) is 13.3 Å². The number of nitrogens with one attached hydrogen (secondary N) is 1. The van der Waals surface area contributed by atoms with E-state index in [-0.39, 0.29) is 11.8 Å². The number of aromatic nitrogens is 3. The highest BCUT2D eigenvalue weighted by molar-refractivity contribution is 5.93. The molecule has 1 N–H and O–H groups in total. The molecule has 0 radical (unpaired) electrons. The molecule has 0 saturated carbocycles. The summed E-state index contributed by atoms with van der Waals surface area (Å²) in [5.41, 5.74) is 3.59. The summed E-state index contributed by atoms with van der Waals surface area (Å²) in [7, 11) is 1.63. The summed E-state index contributed by atoms with van der Waals surface area (Å²) in [5.74, 6) is 1.76. The van der Waals surface area contributed by atoms with Gasteiger partial charge in [-0.2, -0.15) is 0 Å². The van der Waals surface area contributed by atoms with Gasteiger partial charge in [-0.1, -0.05) is 0 Å². The highest BCUT2D eigenvalue weighted by Gasteiger charge is 2.27. The number of fused-ring (bicyclic) bond motifs is 3. The van der Waals surface area contributed by atoms with Crippen LogP contribution in [0, 0.1) is 5.92 Å². The van der Waals surface area contributed by atoms with E-state index in [0.717, 1.165) is 59.9 Å². The van der Waals surface area contributed by atoms with Crippen molar-refractivity contribution in [3.8, 4) is 5.75 Å². The molecule has 0 aliphatic carbocycles. The molecule has 1 amide bonds. The summed E-state index contributed by atoms with van der Waals surface area (Å²) in [4.78, 5) is 24.3. The Balaban J connectivity index is 1.30. The Labute approximate surface area is 174 Å². The van der Waals surface area contributed by atoms with Crippen molar-refractivity contribution in [3.63, 3.8) is 0 Å². The molecule has 7 heteroatoms. The van der Waals surface area contributed by atoms with Gasteiger partial charge in [0.1, 0.15) is 5.75 Å². The van der Waals surface area contributed by atoms with Gasteiger partial charge in [-0.25, -0.2) is 9.97 Å². The van der Waals surface area contributed by atoms with E-state index >= 15 is 0 Å². The molecule has 30 heavy (non-hydrogen) atoms. The minimum atomic E-state index is -0.00950. The smallest absolute Gasteiger partial charge is 0.227 e. The summed E-state index contributed by atoms with van der Waals surface area (Å²) in [6.45, 7) is 1.57. The van der Waals surface area contributed by atoms with Crippen LogP contribution in [0.4, 0.5) is 11.5 Å². The van der Waals surface area contributed by atoms with Crippen molar-refractivity contribution < 1.29 is 9.53 Å². The number of carbonyl (C=O) groups is 1. The molecule has 1 aromatic carbocycles. The monoisotopic (exact) mass is 401 g/mol. The number of hydrogen-bond donors (Lipinski definition) is 1. The molecule has 1 aliphatic heterocycles. The standard InChI is InChI=1S/C23H23N5O2/c1-30-18-8-6-17(7-9-18)25-23(29)16-10-14-27(15-11-16)22-20-5-3-13-28(20)19-4-2-12-24-21(19)26-22/h2-9,12-13,16H,10-11,14-15H2,1H3,(H,25,29). The van der Waals surface area contributed by atoms with E-state index in [0.29, 0.717) is 0 Å². The second-order valence-corrected chi connectivity index (χ2v) is 7.52. The maximum absolute atomic E-state index is 12.7. The number of anilines is 2. The van der Waals surface area contributed by atoms with Crippen molar-refractivity contribution in [2.24, 2.45) is 5.92 Å². The lowest BCUT2D eigenvalue weighted by molar-refractivity contribution is -0.120. The van der Waals surface area contributed by atoms with Crippen LogP contribution >= 0.6 is 0 Å². The molecule has 1 fully saturated rings. The van der Waals surface area contributed by atoms with E-state index in [1.807, 2.05) is 48.7 Å². The number of benzene rings is 1. The van der Waals surface area contributed by atoms with E-state index < -0.39 is 0 Å². The number of carbonyl (C=O) groups excluding carboxylic acids is 1. The van der Waals surface area contributed by atoms with Gasteiger partial charge in [0.05, 0.1) is 18.1 Å². The highest BCUT2D eigenvalue weighted by atomic mass is 16.5. The second-order valence-electron chi connectivity index (χ2n) is 7.52. The Morgan fingerprint density at radius 1 is 1.07 bits per heavy atom. The minimum absolute atomic E-state index is 0.00950. The van der Waals surface area contributed by atoms with Crippen LogP contribution in [0.5, 0.6) is 5.75 Å². The molecule has 3 aromatic heterocycles. The summed E-state index contributed by atoms with van der Waals surface area (Å²) in [6.07, 6.45) is 5.39. The van der Waals surface area contributed by atoms with Gasteiger partial charge in [-0.05, 0) is 61.4 Å². The molecule has 0 unspecified atom stereocenters. The maximum atomic E-state index is 12.7. The summed E-state index contributed by atoms with van der Waals surface area (Å²) in [6, 6.07) is 15.5. The second kappa shape index (κ2) is 7.67. The molecular formula is C23H23N5O2. The zero-order valence-electron chi connectivity index (χ0n) is 16.8. The molecule has 0 atom stereocenters. The van der Waals surface area contributed by atoms with Gasteiger partial charge in [0, 0.05) is 37.1 Å². The van der Waals surface area contributed by atoms with E-state index in [4.69, 9.17) is 9.72 Å². The van der Waals surface area contributed by atoms with Crippen molar-refractivity contribution in [1.82, 2.24) is 14.4 Å². The number of pyridine rings is 1. The third kappa shape index (κ3) is 3.32. The molecular weight excluding hydrogens is 378 g/mol. The van der Waals surface area contributed by atoms with Crippen molar-refractivity contribution >= 4 is 34.1 Å². The first-order chi connectivity index (χ1) is 14.7. The third-order valence-corrected chi connectivity index (χ3v) is 5.74. The number of hydrogen-bond acceptors (Lipinski definition) is 5. The average Bonchev–Trinajstić information content (AvgIpc) is 3.29. The predicted molar refractivity (Wildman–Crippen MR) is 117 cm³/mol. The summed E-state index contributed by atoms with van der Waals surface area (Å²) in [5, 5.41) is 3.02. The van der Waals surface area contributed by atoms with Crippen LogP contribution < -0.4 is 15.0 Å². The number of piperidine rings is 1. The van der Waals surface area contributed by atoms with Gasteiger partial charge in [0.25, 0.3) is 0 Å². The highest BCUT2D eigenvalue weighted by Crippen LogP contribution is 2.29. The largest absolute Gasteiger partial charge is 0.497 e. The fourth-order valence-corrected chi connectivity index (χ4v) is 4.10. The Kier molecular flexibility index (Phi) is 4.71. The first kappa shape index (κ1) is 18.4. The molecule has 4 heterocycles. The zero-order valence-corrected chi connectivity index (χ0v) is 16.8. The Morgan fingerprint density at radius 3 is 2.60 bits per heavy atom. The molecule has 1 aliphatic rings. The Morgan fingerprint density at radius 2 is 1.83 bits per heavy atom. The van der Waals surface area contributed by atoms with Crippen molar-refractivity contribution in [3.05, 3.63) is 60.9 Å². The van der Waals surface area contributed by atoms with Crippen LogP contribution in [-0.4, -0.2) is 40.5 Å². The van der Waals surface area contributed by atoms with Gasteiger partial charge >= 0.3 is 0 Å². The van der Waals surface area contributed by atoms with Crippen LogP contribution in [0.3, 0.4) is 0 Å². The molecule has 0 spiro atoms. The lowest BCUT2D eigenvalue weighted by Gasteiger charge is -2.32. The summed E-state index contributed by atoms with van der Waals surface area (Å²) >= 11 is 0. The van der Waals surface area contributed by atoms with Crippen LogP contribution in [0.2, 0.25) is 0 Å². The van der Waals surface area contributed by atoms with Crippen LogP contribution in [-0.2, 0) is 4.79 Å². The number of nitrogens with zero attached hydrogens (tertiary/aromatic N) is 4. The Hall–Kier alpha value is -3.61. The first-order valence-electron chi connectivity index (χ1n) is 10.1. The topological polar surface area (TPSA) is 71.8 Å². The first-order valence-corrected chi connectivity index (χ1v) is 10.1. The summed E-state index contributed by atoms with van der Waals surface area (Å²) < 4.78 is 7.30. The van der Waals surface area contributed by atoms with Gasteiger partial charge in [-0.15, -0.1) is 0 Å². The van der Waals surface area contributed by atoms with Gasteiger partial charge in [0.2, 0.25) is 5.91 Å². The maximum Gasteiger partial charge on any atom is 0.227 e. The minimum Gasteiger partial charge on any atom is -0.497 e. The quantitative estimate of drug-likeness (QED) is 0.564. The number of amides is 1. The average molecular weight is 401 g/mol. The third-order valence-electron chi connectivity index (χ3n) is 5.74. The molecule has 1 saturated heterocycles. The fourth-order valence-electron chi connectivity index (χ4n) is 4.10. The molecule has 7 nitrogen and oxygen atoms in total. The van der Waals surface area contributed by atoms with Gasteiger partial charge in [-0.3, -0.25) is 4.79 Å². The van der Waals surface area contributed by atoms with Gasteiger partial charge < -0.3 is 19.4 Å². The molecule has 0 bridgehead atoms. The lowest BCUT2D eigenvalue weighted by atomic mass is 9.95. The van der Waals surface area contributed by atoms with Crippen molar-refractivity contribution in [2.45, 2.75) is 12.8 Å².